The van der Waals surface area contributed by atoms with Crippen LogP contribution in [0.2, 0.25) is 0 Å². The number of carbonyl (C=O) groups is 2. The number of benzene rings is 1. The fraction of sp³-hybridized carbons (Fsp3) is 0.136. The minimum atomic E-state index is -0.786. The molecule has 0 bridgehead atoms. The van der Waals surface area contributed by atoms with Gasteiger partial charge in [-0.25, -0.2) is 4.98 Å². The lowest BCUT2D eigenvalue weighted by Crippen LogP contribution is -2.39. The maximum atomic E-state index is 13.1. The van der Waals surface area contributed by atoms with Crippen LogP contribution >= 0.6 is 0 Å². The van der Waals surface area contributed by atoms with Gasteiger partial charge in [-0.15, -0.1) is 0 Å². The van der Waals surface area contributed by atoms with Crippen molar-refractivity contribution in [2.24, 2.45) is 0 Å². The third kappa shape index (κ3) is 4.50. The van der Waals surface area contributed by atoms with Gasteiger partial charge in [0.05, 0.1) is 41.2 Å². The Labute approximate surface area is 178 Å². The summed E-state index contributed by atoms with van der Waals surface area (Å²) < 4.78 is 0. The number of aromatic nitrogens is 4. The van der Waals surface area contributed by atoms with Gasteiger partial charge < -0.3 is 16.0 Å². The van der Waals surface area contributed by atoms with Crippen LogP contribution in [-0.4, -0.2) is 36.9 Å². The van der Waals surface area contributed by atoms with Crippen molar-refractivity contribution >= 4 is 34.2 Å². The maximum absolute atomic E-state index is 13.1. The van der Waals surface area contributed by atoms with E-state index in [-0.39, 0.29) is 18.9 Å². The van der Waals surface area contributed by atoms with Crippen molar-refractivity contribution in [2.45, 2.75) is 20.0 Å². The van der Waals surface area contributed by atoms with Gasteiger partial charge in [-0.3, -0.25) is 19.7 Å². The molecule has 2 amide bonds. The molecule has 31 heavy (non-hydrogen) atoms. The van der Waals surface area contributed by atoms with Crippen LogP contribution in [0, 0.1) is 6.92 Å². The predicted octanol–water partition coefficient (Wildman–Crippen LogP) is 2.41. The molecule has 4 N–H and O–H groups in total. The van der Waals surface area contributed by atoms with E-state index in [9.17, 15) is 9.59 Å². The minimum absolute atomic E-state index is 0.195. The highest BCUT2D eigenvalue weighted by molar-refractivity contribution is 6.40. The quantitative estimate of drug-likeness (QED) is 0.429. The Bertz CT molecular complexity index is 1240. The summed E-state index contributed by atoms with van der Waals surface area (Å²) in [7, 11) is 0. The number of nitrogens with one attached hydrogen (secondary N) is 2. The van der Waals surface area contributed by atoms with E-state index in [4.69, 9.17) is 5.73 Å². The first-order chi connectivity index (χ1) is 15.0. The van der Waals surface area contributed by atoms with Crippen molar-refractivity contribution < 1.29 is 9.59 Å². The Morgan fingerprint density at radius 1 is 1.10 bits per heavy atom. The zero-order valence-corrected chi connectivity index (χ0v) is 16.9. The van der Waals surface area contributed by atoms with Crippen LogP contribution in [0.1, 0.15) is 16.8 Å². The Morgan fingerprint density at radius 2 is 1.97 bits per heavy atom. The highest BCUT2D eigenvalue weighted by atomic mass is 16.2. The summed E-state index contributed by atoms with van der Waals surface area (Å²) in [6, 6.07) is 13.2. The fourth-order valence-corrected chi connectivity index (χ4v) is 3.29. The SMILES string of the molecule is Cc1cccc(CN(Cc2ccccn2)C(=O)C(=O)Nc2cnc(N)c3cn[nH]c23)c1. The van der Waals surface area contributed by atoms with E-state index < -0.39 is 11.8 Å². The zero-order chi connectivity index (χ0) is 21.8. The van der Waals surface area contributed by atoms with Crippen LogP contribution in [0.15, 0.2) is 61.1 Å². The third-order valence-electron chi connectivity index (χ3n) is 4.78. The summed E-state index contributed by atoms with van der Waals surface area (Å²) in [5.41, 5.74) is 9.33. The molecule has 9 nitrogen and oxygen atoms in total. The van der Waals surface area contributed by atoms with E-state index in [2.05, 4.69) is 25.5 Å². The molecule has 3 aromatic heterocycles. The number of hydrogen-bond acceptors (Lipinski definition) is 6. The van der Waals surface area contributed by atoms with Gasteiger partial charge in [0.1, 0.15) is 5.82 Å². The summed E-state index contributed by atoms with van der Waals surface area (Å²) in [5, 5.41) is 9.89. The molecule has 0 saturated heterocycles. The van der Waals surface area contributed by atoms with Crippen molar-refractivity contribution in [3.63, 3.8) is 0 Å². The van der Waals surface area contributed by atoms with Gasteiger partial charge in [0.15, 0.2) is 0 Å². The van der Waals surface area contributed by atoms with Crippen molar-refractivity contribution in [3.05, 3.63) is 77.9 Å². The Morgan fingerprint density at radius 3 is 2.74 bits per heavy atom. The van der Waals surface area contributed by atoms with E-state index in [0.29, 0.717) is 22.3 Å². The van der Waals surface area contributed by atoms with Crippen molar-refractivity contribution in [2.75, 3.05) is 11.1 Å². The normalized spacial score (nSPS) is 10.7. The number of pyridine rings is 2. The molecule has 0 aliphatic heterocycles. The molecular formula is C22H21N7O2. The van der Waals surface area contributed by atoms with E-state index in [1.165, 1.54) is 17.3 Å². The first kappa shape index (κ1) is 20.0. The number of aryl methyl sites for hydroxylation is 1. The molecule has 4 rings (SSSR count). The highest BCUT2D eigenvalue weighted by Gasteiger charge is 2.24. The monoisotopic (exact) mass is 415 g/mol. The van der Waals surface area contributed by atoms with Crippen molar-refractivity contribution in [3.8, 4) is 0 Å². The first-order valence-electron chi connectivity index (χ1n) is 9.64. The number of nitrogens with two attached hydrogens (primary N) is 1. The van der Waals surface area contributed by atoms with Gasteiger partial charge in [-0.05, 0) is 24.6 Å². The Balaban J connectivity index is 1.58. The van der Waals surface area contributed by atoms with Gasteiger partial charge in [-0.1, -0.05) is 35.9 Å². The molecule has 0 unspecified atom stereocenters. The van der Waals surface area contributed by atoms with Gasteiger partial charge in [0, 0.05) is 12.7 Å². The Hall–Kier alpha value is -4.27. The molecule has 0 fully saturated rings. The molecule has 0 aliphatic rings. The average Bonchev–Trinajstić information content (AvgIpc) is 3.27. The average molecular weight is 415 g/mol. The summed E-state index contributed by atoms with van der Waals surface area (Å²) in [6.07, 6.45) is 4.56. The zero-order valence-electron chi connectivity index (χ0n) is 16.9. The van der Waals surface area contributed by atoms with Crippen LogP contribution in [0.5, 0.6) is 0 Å². The van der Waals surface area contributed by atoms with E-state index >= 15 is 0 Å². The first-order valence-corrected chi connectivity index (χ1v) is 9.64. The number of aromatic amines is 1. The van der Waals surface area contributed by atoms with Crippen LogP contribution < -0.4 is 11.1 Å². The lowest BCUT2D eigenvalue weighted by atomic mass is 10.1. The lowest BCUT2D eigenvalue weighted by Gasteiger charge is -2.22. The predicted molar refractivity (Wildman–Crippen MR) is 117 cm³/mol. The number of amides is 2. The molecule has 3 heterocycles. The van der Waals surface area contributed by atoms with Crippen LogP contribution in [-0.2, 0) is 22.7 Å². The van der Waals surface area contributed by atoms with E-state index in [1.807, 2.05) is 43.3 Å². The standard InChI is InChI=1S/C22H21N7O2/c1-14-5-4-6-15(9-14)12-29(13-16-7-2-3-8-24-16)22(31)21(30)27-18-11-25-20(23)17-10-26-28-19(17)18/h2-11H,12-13H2,1H3,(H2,23,25)(H,26,28)(H,27,30). The third-order valence-corrected chi connectivity index (χ3v) is 4.78. The summed E-state index contributed by atoms with van der Waals surface area (Å²) in [6.45, 7) is 2.44. The number of nitrogen functional groups attached to an aromatic ring is 1. The van der Waals surface area contributed by atoms with E-state index in [1.54, 1.807) is 12.3 Å². The van der Waals surface area contributed by atoms with Gasteiger partial charge >= 0.3 is 11.8 Å². The molecule has 0 aliphatic carbocycles. The van der Waals surface area contributed by atoms with Crippen LogP contribution in [0.25, 0.3) is 10.9 Å². The maximum Gasteiger partial charge on any atom is 0.314 e. The molecule has 9 heteroatoms. The summed E-state index contributed by atoms with van der Waals surface area (Å²) in [4.78, 5) is 35.7. The van der Waals surface area contributed by atoms with Crippen molar-refractivity contribution in [1.82, 2.24) is 25.1 Å². The second-order valence-corrected chi connectivity index (χ2v) is 7.14. The molecule has 0 radical (unpaired) electrons. The minimum Gasteiger partial charge on any atom is -0.383 e. The van der Waals surface area contributed by atoms with Gasteiger partial charge in [0.2, 0.25) is 0 Å². The largest absolute Gasteiger partial charge is 0.383 e. The number of hydrogen-bond donors (Lipinski definition) is 3. The van der Waals surface area contributed by atoms with Gasteiger partial charge in [0.25, 0.3) is 0 Å². The Kier molecular flexibility index (Phi) is 5.57. The second kappa shape index (κ2) is 8.62. The fourth-order valence-electron chi connectivity index (χ4n) is 3.29. The van der Waals surface area contributed by atoms with Crippen molar-refractivity contribution in [1.29, 1.82) is 0 Å². The molecule has 156 valence electrons. The lowest BCUT2D eigenvalue weighted by molar-refractivity contribution is -0.144. The highest BCUT2D eigenvalue weighted by Crippen LogP contribution is 2.24. The molecule has 4 aromatic rings. The smallest absolute Gasteiger partial charge is 0.314 e. The number of nitrogens with zero attached hydrogens (tertiary/aromatic N) is 4. The number of anilines is 2. The van der Waals surface area contributed by atoms with E-state index in [0.717, 1.165) is 11.1 Å². The summed E-state index contributed by atoms with van der Waals surface area (Å²) in [5.74, 6) is -1.19. The number of rotatable bonds is 5. The number of fused-ring (bicyclic) bond motifs is 1. The molecular weight excluding hydrogens is 394 g/mol. The number of H-pyrrole nitrogens is 1. The van der Waals surface area contributed by atoms with Gasteiger partial charge in [-0.2, -0.15) is 5.10 Å². The molecule has 0 saturated carbocycles. The summed E-state index contributed by atoms with van der Waals surface area (Å²) >= 11 is 0. The molecule has 1 aromatic carbocycles. The van der Waals surface area contributed by atoms with Crippen LogP contribution in [0.4, 0.5) is 11.5 Å². The second-order valence-electron chi connectivity index (χ2n) is 7.14. The molecule has 0 spiro atoms. The topological polar surface area (TPSA) is 130 Å². The molecule has 0 atom stereocenters. The van der Waals surface area contributed by atoms with Crippen LogP contribution in [0.3, 0.4) is 0 Å². The number of carbonyl (C=O) groups excluding carboxylic acids is 2.